The Morgan fingerprint density at radius 3 is 2.60 bits per heavy atom. The molecule has 0 aromatic heterocycles. The highest BCUT2D eigenvalue weighted by Gasteiger charge is 2.04. The van der Waals surface area contributed by atoms with Crippen LogP contribution in [0.15, 0.2) is 12.2 Å². The van der Waals surface area contributed by atoms with E-state index in [1.54, 1.807) is 6.08 Å². The summed E-state index contributed by atoms with van der Waals surface area (Å²) in [5.74, 6) is -0.877. The van der Waals surface area contributed by atoms with Crippen molar-refractivity contribution in [1.82, 2.24) is 5.32 Å². The molecule has 88 valence electrons. The molecule has 0 aliphatic rings. The van der Waals surface area contributed by atoms with Crippen LogP contribution in [0.25, 0.3) is 0 Å². The van der Waals surface area contributed by atoms with Crippen molar-refractivity contribution in [2.75, 3.05) is 6.54 Å². The van der Waals surface area contributed by atoms with E-state index in [2.05, 4.69) is 19.2 Å². The number of hydrogen-bond acceptors (Lipinski definition) is 2. The highest BCUT2D eigenvalue weighted by molar-refractivity contribution is 5.79. The van der Waals surface area contributed by atoms with Crippen molar-refractivity contribution >= 4 is 5.97 Å². The zero-order valence-corrected chi connectivity index (χ0v) is 9.83. The summed E-state index contributed by atoms with van der Waals surface area (Å²) >= 11 is 0. The van der Waals surface area contributed by atoms with Gasteiger partial charge in [0.2, 0.25) is 0 Å². The maximum atomic E-state index is 10.2. The van der Waals surface area contributed by atoms with Gasteiger partial charge in [-0.1, -0.05) is 39.2 Å². The van der Waals surface area contributed by atoms with Crippen LogP contribution in [0.2, 0.25) is 0 Å². The maximum absolute atomic E-state index is 10.2. The molecule has 0 radical (unpaired) electrons. The number of hydrogen-bond donors (Lipinski definition) is 2. The van der Waals surface area contributed by atoms with E-state index in [-0.39, 0.29) is 0 Å². The molecule has 1 unspecified atom stereocenters. The molecular weight excluding hydrogens is 190 g/mol. The number of carboxylic acid groups (broad SMARTS) is 1. The number of unbranched alkanes of at least 4 members (excludes halogenated alkanes) is 1. The summed E-state index contributed by atoms with van der Waals surface area (Å²) in [6.07, 6.45) is 8.83. The first kappa shape index (κ1) is 14.2. The van der Waals surface area contributed by atoms with Crippen LogP contribution in [0.5, 0.6) is 0 Å². The van der Waals surface area contributed by atoms with Gasteiger partial charge < -0.3 is 10.4 Å². The minimum Gasteiger partial charge on any atom is -0.478 e. The lowest BCUT2D eigenvalue weighted by atomic mass is 10.1. The fourth-order valence-corrected chi connectivity index (χ4v) is 1.54. The fraction of sp³-hybridized carbons (Fsp3) is 0.750. The Bertz CT molecular complexity index is 190. The summed E-state index contributed by atoms with van der Waals surface area (Å²) in [7, 11) is 0. The number of aliphatic carboxylic acids is 1. The second-order valence-corrected chi connectivity index (χ2v) is 3.78. The fourth-order valence-electron chi connectivity index (χ4n) is 1.54. The first-order valence-corrected chi connectivity index (χ1v) is 5.83. The summed E-state index contributed by atoms with van der Waals surface area (Å²) in [6, 6.07) is 0.536. The second kappa shape index (κ2) is 9.71. The summed E-state index contributed by atoms with van der Waals surface area (Å²) in [4.78, 5) is 10.2. The van der Waals surface area contributed by atoms with Gasteiger partial charge in [0.15, 0.2) is 0 Å². The Morgan fingerprint density at radius 1 is 1.33 bits per heavy atom. The lowest BCUT2D eigenvalue weighted by Crippen LogP contribution is -2.29. The van der Waals surface area contributed by atoms with Gasteiger partial charge in [-0.25, -0.2) is 4.79 Å². The predicted molar refractivity (Wildman–Crippen MR) is 63.0 cm³/mol. The summed E-state index contributed by atoms with van der Waals surface area (Å²) in [6.45, 7) is 5.02. The molecule has 0 saturated heterocycles. The van der Waals surface area contributed by atoms with E-state index in [9.17, 15) is 4.79 Å². The van der Waals surface area contributed by atoms with E-state index < -0.39 is 5.97 Å². The average molecular weight is 213 g/mol. The van der Waals surface area contributed by atoms with Gasteiger partial charge in [-0.05, 0) is 12.8 Å². The molecule has 0 saturated carbocycles. The highest BCUT2D eigenvalue weighted by Crippen LogP contribution is 2.06. The summed E-state index contributed by atoms with van der Waals surface area (Å²) in [5.41, 5.74) is 0. The Morgan fingerprint density at radius 2 is 2.07 bits per heavy atom. The van der Waals surface area contributed by atoms with Crippen molar-refractivity contribution in [3.8, 4) is 0 Å². The molecule has 3 nitrogen and oxygen atoms in total. The molecule has 0 fully saturated rings. The third kappa shape index (κ3) is 9.47. The van der Waals surface area contributed by atoms with E-state index in [1.807, 2.05) is 0 Å². The van der Waals surface area contributed by atoms with Gasteiger partial charge in [-0.15, -0.1) is 0 Å². The molecule has 0 aliphatic heterocycles. The molecular formula is C12H23NO2. The minimum atomic E-state index is -0.877. The van der Waals surface area contributed by atoms with Crippen molar-refractivity contribution < 1.29 is 9.90 Å². The SMILES string of the molecule is CCCCC(CCC)NC/C=C/C(=O)O. The van der Waals surface area contributed by atoms with Crippen LogP contribution in [-0.4, -0.2) is 23.7 Å². The molecule has 0 aromatic carbocycles. The second-order valence-electron chi connectivity index (χ2n) is 3.78. The lowest BCUT2D eigenvalue weighted by Gasteiger charge is -2.16. The van der Waals surface area contributed by atoms with Crippen LogP contribution >= 0.6 is 0 Å². The number of nitrogens with one attached hydrogen (secondary N) is 1. The van der Waals surface area contributed by atoms with E-state index in [4.69, 9.17) is 5.11 Å². The van der Waals surface area contributed by atoms with Crippen molar-refractivity contribution in [3.05, 3.63) is 12.2 Å². The summed E-state index contributed by atoms with van der Waals surface area (Å²) in [5, 5.41) is 11.8. The van der Waals surface area contributed by atoms with E-state index in [0.717, 1.165) is 0 Å². The molecule has 0 bridgehead atoms. The van der Waals surface area contributed by atoms with Crippen molar-refractivity contribution in [3.63, 3.8) is 0 Å². The van der Waals surface area contributed by atoms with Gasteiger partial charge in [-0.3, -0.25) is 0 Å². The van der Waals surface area contributed by atoms with E-state index in [1.165, 1.54) is 38.2 Å². The smallest absolute Gasteiger partial charge is 0.328 e. The van der Waals surface area contributed by atoms with Gasteiger partial charge in [0.05, 0.1) is 0 Å². The van der Waals surface area contributed by atoms with Crippen LogP contribution in [0, 0.1) is 0 Å². The molecule has 0 aliphatic carbocycles. The Balaban J connectivity index is 3.69. The van der Waals surface area contributed by atoms with Crippen LogP contribution in [0.3, 0.4) is 0 Å². The molecule has 0 rings (SSSR count). The van der Waals surface area contributed by atoms with E-state index >= 15 is 0 Å². The first-order chi connectivity index (χ1) is 7.20. The molecule has 15 heavy (non-hydrogen) atoms. The number of carbonyl (C=O) groups is 1. The largest absolute Gasteiger partial charge is 0.478 e. The quantitative estimate of drug-likeness (QED) is 0.579. The molecule has 0 aromatic rings. The topological polar surface area (TPSA) is 49.3 Å². The standard InChI is InChI=1S/C12H23NO2/c1-3-5-8-11(7-4-2)13-10-6-9-12(14)15/h6,9,11,13H,3-5,7-8,10H2,1-2H3,(H,14,15)/b9-6+. The monoisotopic (exact) mass is 213 g/mol. The number of carboxylic acids is 1. The van der Waals surface area contributed by atoms with Gasteiger partial charge in [0, 0.05) is 18.7 Å². The lowest BCUT2D eigenvalue weighted by molar-refractivity contribution is -0.131. The molecule has 0 amide bonds. The van der Waals surface area contributed by atoms with Crippen LogP contribution in [0.4, 0.5) is 0 Å². The van der Waals surface area contributed by atoms with Gasteiger partial charge in [-0.2, -0.15) is 0 Å². The van der Waals surface area contributed by atoms with Crippen LogP contribution in [0.1, 0.15) is 46.0 Å². The predicted octanol–water partition coefficient (Wildman–Crippen LogP) is 2.58. The van der Waals surface area contributed by atoms with E-state index in [0.29, 0.717) is 12.6 Å². The summed E-state index contributed by atoms with van der Waals surface area (Å²) < 4.78 is 0. The molecule has 1 atom stereocenters. The third-order valence-electron chi connectivity index (χ3n) is 2.33. The van der Waals surface area contributed by atoms with Crippen molar-refractivity contribution in [2.45, 2.75) is 52.0 Å². The minimum absolute atomic E-state index is 0.536. The molecule has 0 spiro atoms. The third-order valence-corrected chi connectivity index (χ3v) is 2.33. The molecule has 3 heteroatoms. The highest BCUT2D eigenvalue weighted by atomic mass is 16.4. The zero-order valence-electron chi connectivity index (χ0n) is 9.83. The normalized spacial score (nSPS) is 13.2. The van der Waals surface area contributed by atoms with Crippen molar-refractivity contribution in [1.29, 1.82) is 0 Å². The Hall–Kier alpha value is -0.830. The van der Waals surface area contributed by atoms with Gasteiger partial charge in [0.25, 0.3) is 0 Å². The van der Waals surface area contributed by atoms with Crippen molar-refractivity contribution in [2.24, 2.45) is 0 Å². The van der Waals surface area contributed by atoms with Crippen LogP contribution in [-0.2, 0) is 4.79 Å². The van der Waals surface area contributed by atoms with Gasteiger partial charge >= 0.3 is 5.97 Å². The number of rotatable bonds is 9. The Kier molecular flexibility index (Phi) is 9.18. The molecule has 0 heterocycles. The zero-order chi connectivity index (χ0) is 11.5. The Labute approximate surface area is 92.6 Å². The molecule has 2 N–H and O–H groups in total. The van der Waals surface area contributed by atoms with Crippen LogP contribution < -0.4 is 5.32 Å². The average Bonchev–Trinajstić information content (AvgIpc) is 2.20. The first-order valence-electron chi connectivity index (χ1n) is 5.83. The van der Waals surface area contributed by atoms with Gasteiger partial charge in [0.1, 0.15) is 0 Å². The maximum Gasteiger partial charge on any atom is 0.328 e.